The van der Waals surface area contributed by atoms with Crippen molar-refractivity contribution < 1.29 is 14.6 Å². The lowest BCUT2D eigenvalue weighted by Crippen LogP contribution is -2.11. The fourth-order valence-electron chi connectivity index (χ4n) is 2.22. The monoisotopic (exact) mass is 361 g/mol. The zero-order valence-electron chi connectivity index (χ0n) is 14.9. The number of hydrogen-bond donors (Lipinski definition) is 2. The fraction of sp³-hybridized carbons (Fsp3) is 0.389. The number of benzene rings is 1. The van der Waals surface area contributed by atoms with Gasteiger partial charge in [-0.3, -0.25) is 10.2 Å². The number of aromatic nitrogens is 1. The number of hydrazone groups is 1. The Morgan fingerprint density at radius 3 is 2.84 bits per heavy atom. The third-order valence-electron chi connectivity index (χ3n) is 3.39. The van der Waals surface area contributed by atoms with Crippen molar-refractivity contribution in [2.75, 3.05) is 12.0 Å². The van der Waals surface area contributed by atoms with Gasteiger partial charge in [-0.2, -0.15) is 5.10 Å². The molecule has 0 aliphatic carbocycles. The first kappa shape index (κ1) is 18.9. The lowest BCUT2D eigenvalue weighted by molar-refractivity contribution is -0.142. The molecule has 0 fully saturated rings. The summed E-state index contributed by atoms with van der Waals surface area (Å²) in [7, 11) is 0. The maximum absolute atomic E-state index is 11.4. The van der Waals surface area contributed by atoms with Crippen LogP contribution in [0.1, 0.15) is 44.5 Å². The van der Waals surface area contributed by atoms with Gasteiger partial charge in [0.1, 0.15) is 5.75 Å². The Morgan fingerprint density at radius 1 is 1.44 bits per heavy atom. The lowest BCUT2D eigenvalue weighted by Gasteiger charge is -2.20. The van der Waals surface area contributed by atoms with Gasteiger partial charge in [-0.15, -0.1) is 11.3 Å². The van der Waals surface area contributed by atoms with Crippen LogP contribution in [0.2, 0.25) is 0 Å². The number of nitrogens with zero attached hydrogens (tertiary/aromatic N) is 2. The van der Waals surface area contributed by atoms with Gasteiger partial charge >= 0.3 is 5.97 Å². The highest BCUT2D eigenvalue weighted by Crippen LogP contribution is 2.30. The molecule has 2 aromatic rings. The molecule has 0 saturated carbocycles. The number of hydrogen-bond acceptors (Lipinski definition) is 7. The number of rotatable bonds is 6. The Kier molecular flexibility index (Phi) is 6.14. The van der Waals surface area contributed by atoms with E-state index in [4.69, 9.17) is 4.74 Å². The average Bonchev–Trinajstić information content (AvgIpc) is 2.93. The quantitative estimate of drug-likeness (QED) is 0.466. The highest BCUT2D eigenvalue weighted by molar-refractivity contribution is 7.13. The second kappa shape index (κ2) is 8.11. The predicted octanol–water partition coefficient (Wildman–Crippen LogP) is 3.70. The second-order valence-corrected chi connectivity index (χ2v) is 7.38. The van der Waals surface area contributed by atoms with Gasteiger partial charge in [-0.1, -0.05) is 32.9 Å². The van der Waals surface area contributed by atoms with E-state index in [2.05, 4.69) is 15.5 Å². The number of carbonyl (C=O) groups excluding carboxylic acids is 1. The van der Waals surface area contributed by atoms with Gasteiger partial charge in [0.15, 0.2) is 0 Å². The summed E-state index contributed by atoms with van der Waals surface area (Å²) in [5.41, 5.74) is 5.02. The summed E-state index contributed by atoms with van der Waals surface area (Å²) < 4.78 is 4.89. The first-order valence-electron chi connectivity index (χ1n) is 8.02. The van der Waals surface area contributed by atoms with E-state index >= 15 is 0 Å². The summed E-state index contributed by atoms with van der Waals surface area (Å²) in [6, 6.07) is 5.48. The molecule has 0 spiro atoms. The van der Waals surface area contributed by atoms with Gasteiger partial charge in [-0.25, -0.2) is 4.98 Å². The normalized spacial score (nSPS) is 11.7. The van der Waals surface area contributed by atoms with Crippen LogP contribution in [-0.4, -0.2) is 28.9 Å². The number of esters is 1. The Morgan fingerprint density at radius 2 is 2.20 bits per heavy atom. The molecule has 25 heavy (non-hydrogen) atoms. The predicted molar refractivity (Wildman–Crippen MR) is 100 cm³/mol. The summed E-state index contributed by atoms with van der Waals surface area (Å²) >= 11 is 1.36. The van der Waals surface area contributed by atoms with Crippen LogP contribution in [0.3, 0.4) is 0 Å². The Hall–Kier alpha value is -2.41. The lowest BCUT2D eigenvalue weighted by atomic mass is 9.86. The number of aromatic hydroxyl groups is 1. The molecule has 0 saturated heterocycles. The number of nitrogens with one attached hydrogen (secondary N) is 1. The molecule has 7 heteroatoms. The van der Waals surface area contributed by atoms with Crippen molar-refractivity contribution in [1.29, 1.82) is 0 Å². The summed E-state index contributed by atoms with van der Waals surface area (Å²) in [5, 5.41) is 16.6. The van der Waals surface area contributed by atoms with Crippen molar-refractivity contribution >= 4 is 28.7 Å². The smallest absolute Gasteiger partial charge is 0.311 e. The summed E-state index contributed by atoms with van der Waals surface area (Å²) in [6.07, 6.45) is 1.76. The van der Waals surface area contributed by atoms with E-state index in [0.29, 0.717) is 17.4 Å². The molecular weight excluding hydrogens is 338 g/mol. The molecule has 2 rings (SSSR count). The minimum Gasteiger partial charge on any atom is -0.508 e. The number of thiazole rings is 1. The molecule has 6 nitrogen and oxygen atoms in total. The Bertz CT molecular complexity index is 763. The zero-order valence-corrected chi connectivity index (χ0v) is 15.7. The molecular formula is C18H23N3O3S. The number of phenols is 1. The van der Waals surface area contributed by atoms with Crippen LogP contribution >= 0.6 is 11.3 Å². The maximum Gasteiger partial charge on any atom is 0.311 e. The molecule has 0 unspecified atom stereocenters. The van der Waals surface area contributed by atoms with Crippen LogP contribution in [0.25, 0.3) is 0 Å². The van der Waals surface area contributed by atoms with Crippen molar-refractivity contribution in [1.82, 2.24) is 4.98 Å². The van der Waals surface area contributed by atoms with Gasteiger partial charge < -0.3 is 9.84 Å². The fourth-order valence-corrected chi connectivity index (χ4v) is 2.88. The molecule has 0 atom stereocenters. The highest BCUT2D eigenvalue weighted by atomic mass is 32.1. The first-order valence-corrected chi connectivity index (χ1v) is 8.90. The van der Waals surface area contributed by atoms with Crippen molar-refractivity contribution in [2.45, 2.75) is 39.5 Å². The van der Waals surface area contributed by atoms with E-state index in [1.807, 2.05) is 32.9 Å². The zero-order chi connectivity index (χ0) is 18.4. The molecule has 0 bridgehead atoms. The van der Waals surface area contributed by atoms with Crippen LogP contribution < -0.4 is 5.43 Å². The Balaban J connectivity index is 1.96. The minimum absolute atomic E-state index is 0.117. The molecule has 0 aliphatic heterocycles. The van der Waals surface area contributed by atoms with Crippen molar-refractivity contribution in [3.8, 4) is 5.75 Å². The third kappa shape index (κ3) is 5.56. The van der Waals surface area contributed by atoms with E-state index in [-0.39, 0.29) is 23.6 Å². The van der Waals surface area contributed by atoms with Gasteiger partial charge in [0.2, 0.25) is 5.13 Å². The van der Waals surface area contributed by atoms with Crippen molar-refractivity contribution in [2.24, 2.45) is 5.10 Å². The van der Waals surface area contributed by atoms with Gasteiger partial charge in [0.05, 0.1) is 24.9 Å². The van der Waals surface area contributed by atoms with E-state index in [1.165, 1.54) is 11.3 Å². The standard InChI is InChI=1S/C18H23N3O3S/c1-5-24-16(23)9-13-11-25-17(20-13)21-19-10-12-6-7-14(15(22)8-12)18(2,3)4/h6-8,10-11,22H,5,9H2,1-4H3,(H,20,21). The van der Waals surface area contributed by atoms with E-state index in [1.54, 1.807) is 24.6 Å². The van der Waals surface area contributed by atoms with E-state index in [0.717, 1.165) is 11.1 Å². The first-order chi connectivity index (χ1) is 11.8. The average molecular weight is 361 g/mol. The molecule has 0 aliphatic rings. The number of phenolic OH excluding ortho intramolecular Hbond substituents is 1. The van der Waals surface area contributed by atoms with E-state index in [9.17, 15) is 9.90 Å². The summed E-state index contributed by atoms with van der Waals surface area (Å²) in [4.78, 5) is 15.7. The van der Waals surface area contributed by atoms with Crippen LogP contribution in [0.5, 0.6) is 5.75 Å². The molecule has 2 N–H and O–H groups in total. The van der Waals surface area contributed by atoms with Crippen LogP contribution in [-0.2, 0) is 21.4 Å². The van der Waals surface area contributed by atoms with E-state index < -0.39 is 0 Å². The maximum atomic E-state index is 11.4. The molecule has 134 valence electrons. The van der Waals surface area contributed by atoms with Gasteiger partial charge in [0, 0.05) is 5.38 Å². The highest BCUT2D eigenvalue weighted by Gasteiger charge is 2.17. The van der Waals surface area contributed by atoms with Crippen LogP contribution in [0.4, 0.5) is 5.13 Å². The van der Waals surface area contributed by atoms with Gasteiger partial charge in [-0.05, 0) is 29.5 Å². The number of anilines is 1. The number of ether oxygens (including phenoxy) is 1. The summed E-state index contributed by atoms with van der Waals surface area (Å²) in [6.45, 7) is 8.28. The Labute approximate surface area is 151 Å². The number of carbonyl (C=O) groups is 1. The minimum atomic E-state index is -0.294. The van der Waals surface area contributed by atoms with Crippen molar-refractivity contribution in [3.63, 3.8) is 0 Å². The van der Waals surface area contributed by atoms with Crippen LogP contribution in [0, 0.1) is 0 Å². The largest absolute Gasteiger partial charge is 0.508 e. The van der Waals surface area contributed by atoms with Gasteiger partial charge in [0.25, 0.3) is 0 Å². The summed E-state index contributed by atoms with van der Waals surface area (Å²) in [5.74, 6) is -0.0420. The topological polar surface area (TPSA) is 83.8 Å². The molecule has 0 radical (unpaired) electrons. The molecule has 1 aromatic carbocycles. The van der Waals surface area contributed by atoms with Crippen LogP contribution in [0.15, 0.2) is 28.7 Å². The molecule has 0 amide bonds. The molecule has 1 aromatic heterocycles. The second-order valence-electron chi connectivity index (χ2n) is 6.52. The van der Waals surface area contributed by atoms with Crippen molar-refractivity contribution in [3.05, 3.63) is 40.4 Å². The molecule has 1 heterocycles. The SMILES string of the molecule is CCOC(=O)Cc1csc(NN=Cc2ccc(C(C)(C)C)c(O)c2)n1. The third-order valence-corrected chi connectivity index (χ3v) is 4.18.